The number of hydrogen-bond acceptors (Lipinski definition) is 5. The highest BCUT2D eigenvalue weighted by molar-refractivity contribution is 6.25. The van der Waals surface area contributed by atoms with Crippen LogP contribution in [-0.2, 0) is 13.1 Å². The summed E-state index contributed by atoms with van der Waals surface area (Å²) in [6.07, 6.45) is 7.66. The summed E-state index contributed by atoms with van der Waals surface area (Å²) >= 11 is 6.41. The maximum atomic E-state index is 11.7. The Bertz CT molecular complexity index is 1090. The zero-order valence-corrected chi connectivity index (χ0v) is 16.1. The fourth-order valence-electron chi connectivity index (χ4n) is 3.39. The van der Waals surface area contributed by atoms with Gasteiger partial charge in [-0.2, -0.15) is 5.10 Å². The molecule has 1 saturated carbocycles. The van der Waals surface area contributed by atoms with E-state index in [2.05, 4.69) is 25.7 Å². The van der Waals surface area contributed by atoms with Gasteiger partial charge in [0.05, 0.1) is 23.3 Å². The van der Waals surface area contributed by atoms with E-state index in [0.717, 1.165) is 46.5 Å². The molecule has 142 valence electrons. The quantitative estimate of drug-likeness (QED) is 0.648. The van der Waals surface area contributed by atoms with Crippen LogP contribution in [0.3, 0.4) is 0 Å². The van der Waals surface area contributed by atoms with E-state index in [-0.39, 0.29) is 10.8 Å². The van der Waals surface area contributed by atoms with Crippen molar-refractivity contribution in [2.75, 3.05) is 5.32 Å². The van der Waals surface area contributed by atoms with Crippen LogP contribution in [0.25, 0.3) is 11.3 Å². The Kier molecular flexibility index (Phi) is 3.87. The minimum atomic E-state index is -0.124. The highest BCUT2D eigenvalue weighted by atomic mass is 35.5. The van der Waals surface area contributed by atoms with Gasteiger partial charge in [0.1, 0.15) is 0 Å². The minimum absolute atomic E-state index is 0.0302. The van der Waals surface area contributed by atoms with E-state index in [1.165, 1.54) is 0 Å². The van der Waals surface area contributed by atoms with Crippen molar-refractivity contribution in [3.05, 3.63) is 53.5 Å². The van der Waals surface area contributed by atoms with Gasteiger partial charge in [-0.05, 0) is 49.1 Å². The highest BCUT2D eigenvalue weighted by Gasteiger charge is 2.41. The third-order valence-electron chi connectivity index (χ3n) is 5.16. The molecule has 0 radical (unpaired) electrons. The van der Waals surface area contributed by atoms with Crippen LogP contribution >= 0.6 is 11.6 Å². The number of carbonyl (C=O) groups excluding carboxylic acids is 1. The second-order valence-electron chi connectivity index (χ2n) is 7.48. The van der Waals surface area contributed by atoms with Crippen molar-refractivity contribution < 1.29 is 4.79 Å². The second-order valence-corrected chi connectivity index (χ2v) is 8.28. The average molecular weight is 395 g/mol. The third kappa shape index (κ3) is 3.22. The lowest BCUT2D eigenvalue weighted by Crippen LogP contribution is -2.12. The summed E-state index contributed by atoms with van der Waals surface area (Å²) in [5, 5.41) is 10.5. The number of aromatic nitrogens is 4. The number of amides is 1. The van der Waals surface area contributed by atoms with Crippen molar-refractivity contribution in [2.45, 2.75) is 37.7 Å². The maximum absolute atomic E-state index is 11.7. The van der Waals surface area contributed by atoms with Crippen molar-refractivity contribution in [1.29, 1.82) is 0 Å². The molecular formula is C20H19ClN6O. The van der Waals surface area contributed by atoms with Crippen LogP contribution in [0.1, 0.15) is 34.3 Å². The van der Waals surface area contributed by atoms with E-state index in [0.29, 0.717) is 19.0 Å². The van der Waals surface area contributed by atoms with Crippen LogP contribution in [0, 0.1) is 6.92 Å². The van der Waals surface area contributed by atoms with E-state index < -0.39 is 0 Å². The van der Waals surface area contributed by atoms with Gasteiger partial charge in [-0.25, -0.2) is 9.97 Å². The summed E-state index contributed by atoms with van der Waals surface area (Å²) in [6.45, 7) is 3.24. The SMILES string of the molecule is Cc1cnc(Nc2ccc3c(c2)CNC3=O)nc1-c1cnn(CC2(Cl)CC2)c1. The number of nitrogens with one attached hydrogen (secondary N) is 2. The van der Waals surface area contributed by atoms with Crippen LogP contribution in [0.5, 0.6) is 0 Å². The van der Waals surface area contributed by atoms with E-state index in [1.54, 1.807) is 6.20 Å². The molecule has 3 heterocycles. The van der Waals surface area contributed by atoms with Crippen molar-refractivity contribution in [2.24, 2.45) is 0 Å². The molecule has 2 aliphatic rings. The van der Waals surface area contributed by atoms with Crippen molar-refractivity contribution >= 4 is 29.1 Å². The fraction of sp³-hybridized carbons (Fsp3) is 0.300. The Hall–Kier alpha value is -2.93. The van der Waals surface area contributed by atoms with E-state index >= 15 is 0 Å². The van der Waals surface area contributed by atoms with Crippen LogP contribution in [0.2, 0.25) is 0 Å². The molecule has 1 aromatic carbocycles. The molecule has 2 aromatic heterocycles. The van der Waals surface area contributed by atoms with Crippen molar-refractivity contribution in [1.82, 2.24) is 25.1 Å². The van der Waals surface area contributed by atoms with Crippen LogP contribution in [0.15, 0.2) is 36.8 Å². The predicted octanol–water partition coefficient (Wildman–Crippen LogP) is 3.41. The lowest BCUT2D eigenvalue weighted by atomic mass is 10.1. The summed E-state index contributed by atoms with van der Waals surface area (Å²) in [4.78, 5) is 20.6. The summed E-state index contributed by atoms with van der Waals surface area (Å²) in [7, 11) is 0. The van der Waals surface area contributed by atoms with E-state index in [9.17, 15) is 4.79 Å². The van der Waals surface area contributed by atoms with Crippen LogP contribution in [-0.4, -0.2) is 30.5 Å². The maximum Gasteiger partial charge on any atom is 0.251 e. The summed E-state index contributed by atoms with van der Waals surface area (Å²) in [6, 6.07) is 5.63. The molecule has 2 N–H and O–H groups in total. The molecule has 1 aliphatic carbocycles. The first-order valence-electron chi connectivity index (χ1n) is 9.23. The first-order chi connectivity index (χ1) is 13.5. The predicted molar refractivity (Wildman–Crippen MR) is 107 cm³/mol. The first-order valence-corrected chi connectivity index (χ1v) is 9.60. The minimum Gasteiger partial charge on any atom is -0.348 e. The molecule has 7 nitrogen and oxygen atoms in total. The molecule has 1 aliphatic heterocycles. The zero-order valence-electron chi connectivity index (χ0n) is 15.4. The Labute approximate surface area is 167 Å². The molecule has 3 aromatic rings. The molecule has 0 spiro atoms. The molecule has 5 rings (SSSR count). The molecular weight excluding hydrogens is 376 g/mol. The number of hydrogen-bond donors (Lipinski definition) is 2. The third-order valence-corrected chi connectivity index (χ3v) is 5.66. The van der Waals surface area contributed by atoms with Gasteiger partial charge in [0.25, 0.3) is 5.91 Å². The van der Waals surface area contributed by atoms with Gasteiger partial charge in [0.15, 0.2) is 0 Å². The number of anilines is 2. The van der Waals surface area contributed by atoms with Gasteiger partial charge in [0, 0.05) is 35.8 Å². The normalized spacial score (nSPS) is 16.6. The van der Waals surface area contributed by atoms with Crippen molar-refractivity contribution in [3.63, 3.8) is 0 Å². The van der Waals surface area contributed by atoms with Crippen LogP contribution in [0.4, 0.5) is 11.6 Å². The lowest BCUT2D eigenvalue weighted by Gasteiger charge is -2.09. The largest absolute Gasteiger partial charge is 0.348 e. The van der Waals surface area contributed by atoms with Gasteiger partial charge in [0.2, 0.25) is 5.95 Å². The lowest BCUT2D eigenvalue weighted by molar-refractivity contribution is 0.0966. The average Bonchev–Trinajstić information content (AvgIpc) is 3.06. The van der Waals surface area contributed by atoms with E-state index in [4.69, 9.17) is 11.6 Å². The number of nitrogens with zero attached hydrogens (tertiary/aromatic N) is 4. The number of halogens is 1. The zero-order chi connectivity index (χ0) is 19.3. The first kappa shape index (κ1) is 17.2. The highest BCUT2D eigenvalue weighted by Crippen LogP contribution is 2.43. The van der Waals surface area contributed by atoms with Gasteiger partial charge >= 0.3 is 0 Å². The second kappa shape index (κ2) is 6.31. The number of carbonyl (C=O) groups is 1. The molecule has 0 atom stereocenters. The molecule has 1 fully saturated rings. The summed E-state index contributed by atoms with van der Waals surface area (Å²) in [5.41, 5.74) is 5.28. The fourth-order valence-corrected chi connectivity index (χ4v) is 3.61. The van der Waals surface area contributed by atoms with Gasteiger partial charge in [-0.1, -0.05) is 0 Å². The van der Waals surface area contributed by atoms with Gasteiger partial charge < -0.3 is 10.6 Å². The van der Waals surface area contributed by atoms with Gasteiger partial charge in [-0.3, -0.25) is 9.48 Å². The number of alkyl halides is 1. The standard InChI is InChI=1S/C20H19ClN6O/c1-12-7-23-19(25-15-2-3-16-13(6-15)8-22-18(16)28)26-17(12)14-9-24-27(10-14)11-20(21)4-5-20/h2-3,6-7,9-10H,4-5,8,11H2,1H3,(H,22,28)(H,23,25,26). The van der Waals surface area contributed by atoms with E-state index in [1.807, 2.05) is 42.2 Å². The van der Waals surface area contributed by atoms with Crippen molar-refractivity contribution in [3.8, 4) is 11.3 Å². The molecule has 28 heavy (non-hydrogen) atoms. The molecule has 0 bridgehead atoms. The number of aryl methyl sites for hydroxylation is 1. The number of benzene rings is 1. The topological polar surface area (TPSA) is 84.7 Å². The molecule has 8 heteroatoms. The monoisotopic (exact) mass is 394 g/mol. The number of rotatable bonds is 5. The number of fused-ring (bicyclic) bond motifs is 1. The molecule has 1 amide bonds. The Morgan fingerprint density at radius 3 is 3.00 bits per heavy atom. The Balaban J connectivity index is 1.39. The summed E-state index contributed by atoms with van der Waals surface area (Å²) < 4.78 is 1.88. The summed E-state index contributed by atoms with van der Waals surface area (Å²) in [5.74, 6) is 0.471. The smallest absolute Gasteiger partial charge is 0.251 e. The Morgan fingerprint density at radius 1 is 1.32 bits per heavy atom. The molecule has 0 saturated heterocycles. The Morgan fingerprint density at radius 2 is 2.18 bits per heavy atom. The van der Waals surface area contributed by atoms with Gasteiger partial charge in [-0.15, -0.1) is 11.6 Å². The molecule has 0 unspecified atom stereocenters. The van der Waals surface area contributed by atoms with Crippen LogP contribution < -0.4 is 10.6 Å².